The fourth-order valence-corrected chi connectivity index (χ4v) is 5.10. The maximum Gasteiger partial charge on any atom is 0.248 e. The van der Waals surface area contributed by atoms with Crippen molar-refractivity contribution in [2.45, 2.75) is 90.1 Å². The van der Waals surface area contributed by atoms with Crippen LogP contribution in [-0.2, 0) is 14.3 Å². The Hall–Kier alpha value is -2.04. The largest absolute Gasteiger partial charge is 0.391 e. The van der Waals surface area contributed by atoms with Gasteiger partial charge in [-0.25, -0.2) is 4.68 Å². The van der Waals surface area contributed by atoms with E-state index in [2.05, 4.69) is 27.5 Å². The molecule has 34 heavy (non-hydrogen) atoms. The number of aromatic nitrogens is 3. The predicted octanol–water partition coefficient (Wildman–Crippen LogP) is 0.930. The van der Waals surface area contributed by atoms with Crippen molar-refractivity contribution in [1.82, 2.24) is 30.1 Å². The van der Waals surface area contributed by atoms with Crippen LogP contribution >= 0.6 is 0 Å². The smallest absolute Gasteiger partial charge is 0.248 e. The number of likely N-dealkylation sites (tertiary alicyclic amines) is 1. The average molecular weight is 477 g/mol. The lowest BCUT2D eigenvalue weighted by molar-refractivity contribution is -0.144. The fourth-order valence-electron chi connectivity index (χ4n) is 5.10. The third-order valence-corrected chi connectivity index (χ3v) is 7.11. The van der Waals surface area contributed by atoms with E-state index < -0.39 is 23.6 Å². The summed E-state index contributed by atoms with van der Waals surface area (Å²) in [7, 11) is 0. The second-order valence-corrected chi connectivity index (χ2v) is 11.4. The van der Waals surface area contributed by atoms with Crippen LogP contribution in [0.25, 0.3) is 0 Å². The number of hydrogen-bond acceptors (Lipinski definition) is 7. The van der Waals surface area contributed by atoms with Crippen molar-refractivity contribution >= 4 is 11.8 Å². The SMILES string of the molecule is CC(CN1CCOCC1C)NC(=O)C1CC(O)CN1C(=O)[C@@H](n1cc(C2CC2)nn1)C(C)(C)C. The lowest BCUT2D eigenvalue weighted by Crippen LogP contribution is -2.54. The Morgan fingerprint density at radius 2 is 2.06 bits per heavy atom. The molecule has 0 spiro atoms. The molecule has 1 aliphatic carbocycles. The van der Waals surface area contributed by atoms with Crippen LogP contribution in [0.3, 0.4) is 0 Å². The van der Waals surface area contributed by atoms with Crippen molar-refractivity contribution in [1.29, 1.82) is 0 Å². The molecule has 0 bridgehead atoms. The molecular weight excluding hydrogens is 436 g/mol. The van der Waals surface area contributed by atoms with Gasteiger partial charge < -0.3 is 20.1 Å². The summed E-state index contributed by atoms with van der Waals surface area (Å²) in [6.45, 7) is 13.1. The van der Waals surface area contributed by atoms with Crippen molar-refractivity contribution in [3.05, 3.63) is 11.9 Å². The molecule has 4 unspecified atom stereocenters. The number of amides is 2. The zero-order chi connectivity index (χ0) is 24.6. The molecule has 2 N–H and O–H groups in total. The van der Waals surface area contributed by atoms with Crippen LogP contribution in [0.15, 0.2) is 6.20 Å². The third kappa shape index (κ3) is 5.60. The van der Waals surface area contributed by atoms with Gasteiger partial charge in [-0.05, 0) is 32.1 Å². The van der Waals surface area contributed by atoms with E-state index in [1.54, 1.807) is 9.58 Å². The van der Waals surface area contributed by atoms with Crippen LogP contribution in [0.5, 0.6) is 0 Å². The van der Waals surface area contributed by atoms with E-state index in [-0.39, 0.29) is 30.8 Å². The van der Waals surface area contributed by atoms with Gasteiger partial charge >= 0.3 is 0 Å². The minimum Gasteiger partial charge on any atom is -0.391 e. The quantitative estimate of drug-likeness (QED) is 0.602. The number of β-amino-alcohol motifs (C(OH)–C–C–N with tert-alkyl or cyclic N) is 1. The summed E-state index contributed by atoms with van der Waals surface area (Å²) in [4.78, 5) is 30.9. The highest BCUT2D eigenvalue weighted by Gasteiger charge is 2.45. The molecule has 3 heterocycles. The molecule has 1 aromatic rings. The Labute approximate surface area is 202 Å². The first-order chi connectivity index (χ1) is 16.0. The van der Waals surface area contributed by atoms with Crippen LogP contribution in [0.4, 0.5) is 0 Å². The Bertz CT molecular complexity index is 879. The van der Waals surface area contributed by atoms with Gasteiger partial charge in [0.05, 0.1) is 25.0 Å². The molecule has 0 aromatic carbocycles. The number of morpholine rings is 1. The number of carbonyl (C=O) groups excluding carboxylic acids is 2. The average Bonchev–Trinajstić information content (AvgIpc) is 3.36. The molecule has 190 valence electrons. The number of nitrogens with one attached hydrogen (secondary N) is 1. The predicted molar refractivity (Wildman–Crippen MR) is 126 cm³/mol. The zero-order valence-corrected chi connectivity index (χ0v) is 21.1. The van der Waals surface area contributed by atoms with Crippen molar-refractivity contribution in [3.8, 4) is 0 Å². The molecule has 3 aliphatic rings. The molecular formula is C24H40N6O4. The van der Waals surface area contributed by atoms with Gasteiger partial charge in [-0.3, -0.25) is 14.5 Å². The van der Waals surface area contributed by atoms with E-state index in [0.29, 0.717) is 31.7 Å². The summed E-state index contributed by atoms with van der Waals surface area (Å²) < 4.78 is 7.15. The lowest BCUT2D eigenvalue weighted by Gasteiger charge is -2.36. The summed E-state index contributed by atoms with van der Waals surface area (Å²) in [5.74, 6) is 0.0152. The molecule has 5 atom stereocenters. The molecule has 2 amide bonds. The van der Waals surface area contributed by atoms with Crippen LogP contribution in [0.2, 0.25) is 0 Å². The highest BCUT2D eigenvalue weighted by Crippen LogP contribution is 2.40. The molecule has 0 radical (unpaired) electrons. The molecule has 2 aliphatic heterocycles. The number of hydrogen-bond donors (Lipinski definition) is 2. The first-order valence-corrected chi connectivity index (χ1v) is 12.6. The molecule has 10 heteroatoms. The Balaban J connectivity index is 1.46. The summed E-state index contributed by atoms with van der Waals surface area (Å²) in [5, 5.41) is 22.1. The van der Waals surface area contributed by atoms with Gasteiger partial charge in [0, 0.05) is 50.3 Å². The summed E-state index contributed by atoms with van der Waals surface area (Å²) in [5.41, 5.74) is 0.476. The van der Waals surface area contributed by atoms with Crippen molar-refractivity contribution in [3.63, 3.8) is 0 Å². The van der Waals surface area contributed by atoms with Gasteiger partial charge in [0.2, 0.25) is 11.8 Å². The normalized spacial score (nSPS) is 28.1. The van der Waals surface area contributed by atoms with E-state index in [0.717, 1.165) is 25.1 Å². The molecule has 3 fully saturated rings. The van der Waals surface area contributed by atoms with E-state index >= 15 is 0 Å². The van der Waals surface area contributed by atoms with Gasteiger partial charge in [0.25, 0.3) is 0 Å². The van der Waals surface area contributed by atoms with Gasteiger partial charge in [-0.1, -0.05) is 26.0 Å². The highest BCUT2D eigenvalue weighted by atomic mass is 16.5. The monoisotopic (exact) mass is 476 g/mol. The summed E-state index contributed by atoms with van der Waals surface area (Å²) in [6.07, 6.45) is 3.59. The van der Waals surface area contributed by atoms with Crippen LogP contribution in [-0.4, -0.2) is 98.8 Å². The van der Waals surface area contributed by atoms with E-state index in [9.17, 15) is 14.7 Å². The molecule has 1 aromatic heterocycles. The second kappa shape index (κ2) is 9.91. The highest BCUT2D eigenvalue weighted by molar-refractivity contribution is 5.90. The molecule has 1 saturated carbocycles. The number of aliphatic hydroxyl groups excluding tert-OH is 1. The van der Waals surface area contributed by atoms with E-state index in [1.165, 1.54) is 0 Å². The molecule has 2 saturated heterocycles. The van der Waals surface area contributed by atoms with Crippen molar-refractivity contribution in [2.75, 3.05) is 32.8 Å². The maximum absolute atomic E-state index is 13.8. The van der Waals surface area contributed by atoms with Crippen LogP contribution in [0.1, 0.15) is 71.5 Å². The first kappa shape index (κ1) is 25.1. The van der Waals surface area contributed by atoms with Crippen LogP contribution in [0, 0.1) is 5.41 Å². The number of nitrogens with zero attached hydrogens (tertiary/aromatic N) is 5. The molecule has 4 rings (SSSR count). The van der Waals surface area contributed by atoms with Gasteiger partial charge in [0.1, 0.15) is 12.1 Å². The van der Waals surface area contributed by atoms with Crippen molar-refractivity contribution < 1.29 is 19.4 Å². The number of rotatable bonds is 7. The number of carbonyl (C=O) groups is 2. The summed E-state index contributed by atoms with van der Waals surface area (Å²) >= 11 is 0. The minimum absolute atomic E-state index is 0.0856. The standard InChI is InChI=1S/C24H40N6O4/c1-15(11-28-8-9-34-14-16(28)2)25-22(32)20-10-18(31)12-29(20)23(33)21(24(3,4)5)30-13-19(26-27-30)17-6-7-17/h13,15-18,20-21,31H,6-12,14H2,1-5H3,(H,25,32)/t15?,16?,18?,20?,21-/m1/s1. The minimum atomic E-state index is -0.729. The van der Waals surface area contributed by atoms with Crippen molar-refractivity contribution in [2.24, 2.45) is 5.41 Å². The fraction of sp³-hybridized carbons (Fsp3) is 0.833. The number of aliphatic hydroxyl groups is 1. The first-order valence-electron chi connectivity index (χ1n) is 12.6. The Kier molecular flexibility index (Phi) is 7.30. The Morgan fingerprint density at radius 1 is 1.32 bits per heavy atom. The topological polar surface area (TPSA) is 113 Å². The Morgan fingerprint density at radius 3 is 2.71 bits per heavy atom. The third-order valence-electron chi connectivity index (χ3n) is 7.11. The zero-order valence-electron chi connectivity index (χ0n) is 21.1. The van der Waals surface area contributed by atoms with Gasteiger partial charge in [0.15, 0.2) is 0 Å². The summed E-state index contributed by atoms with van der Waals surface area (Å²) in [6, 6.07) is -1.10. The van der Waals surface area contributed by atoms with E-state index in [1.807, 2.05) is 33.9 Å². The van der Waals surface area contributed by atoms with Gasteiger partial charge in [-0.15, -0.1) is 5.10 Å². The van der Waals surface area contributed by atoms with E-state index in [4.69, 9.17) is 4.74 Å². The second-order valence-electron chi connectivity index (χ2n) is 11.4. The van der Waals surface area contributed by atoms with Crippen LogP contribution < -0.4 is 5.32 Å². The maximum atomic E-state index is 13.8. The van der Waals surface area contributed by atoms with Gasteiger partial charge in [-0.2, -0.15) is 0 Å². The molecule has 10 nitrogen and oxygen atoms in total. The number of ether oxygens (including phenoxy) is 1. The lowest BCUT2D eigenvalue weighted by atomic mass is 9.85.